The van der Waals surface area contributed by atoms with Crippen LogP contribution in [-0.2, 0) is 14.3 Å². The molecule has 0 radical (unpaired) electrons. The zero-order chi connectivity index (χ0) is 23.8. The lowest BCUT2D eigenvalue weighted by Crippen LogP contribution is -2.30. The first-order valence-electron chi connectivity index (χ1n) is 10.4. The summed E-state index contributed by atoms with van der Waals surface area (Å²) in [5.74, 6) is -0.508. The molecule has 0 aliphatic rings. The molecular formula is C27H25NO5. The van der Waals surface area contributed by atoms with Gasteiger partial charge in [0.1, 0.15) is 5.75 Å². The molecule has 33 heavy (non-hydrogen) atoms. The number of benzene rings is 3. The van der Waals surface area contributed by atoms with Crippen molar-refractivity contribution in [2.45, 2.75) is 20.0 Å². The molecule has 1 unspecified atom stereocenters. The van der Waals surface area contributed by atoms with Crippen LogP contribution in [0.5, 0.6) is 5.75 Å². The molecule has 1 atom stereocenters. The fraction of sp³-hybridized carbons (Fsp3) is 0.148. The molecule has 3 aromatic rings. The molecule has 3 rings (SSSR count). The van der Waals surface area contributed by atoms with Gasteiger partial charge in [-0.2, -0.15) is 0 Å². The van der Waals surface area contributed by atoms with Crippen molar-refractivity contribution in [3.8, 4) is 5.75 Å². The Balaban J connectivity index is 1.77. The van der Waals surface area contributed by atoms with Crippen LogP contribution in [0.3, 0.4) is 0 Å². The zero-order valence-electron chi connectivity index (χ0n) is 18.7. The van der Waals surface area contributed by atoms with Gasteiger partial charge in [0, 0.05) is 11.3 Å². The number of ketones is 1. The van der Waals surface area contributed by atoms with E-state index in [0.717, 1.165) is 5.56 Å². The maximum atomic E-state index is 13.1. The van der Waals surface area contributed by atoms with E-state index >= 15 is 0 Å². The minimum absolute atomic E-state index is 0.0635. The molecule has 0 aliphatic heterocycles. The number of carbonyl (C=O) groups excluding carboxylic acids is 3. The van der Waals surface area contributed by atoms with Gasteiger partial charge < -0.3 is 14.8 Å². The van der Waals surface area contributed by atoms with Gasteiger partial charge in [-0.05, 0) is 67.4 Å². The first kappa shape index (κ1) is 23.5. The van der Waals surface area contributed by atoms with E-state index in [4.69, 9.17) is 9.47 Å². The molecule has 0 heterocycles. The number of carbonyl (C=O) groups is 3. The van der Waals surface area contributed by atoms with Crippen molar-refractivity contribution in [1.82, 2.24) is 0 Å². The third kappa shape index (κ3) is 6.40. The topological polar surface area (TPSA) is 81.7 Å². The Bertz CT molecular complexity index is 1170. The summed E-state index contributed by atoms with van der Waals surface area (Å²) in [7, 11) is 1.57. The fourth-order valence-electron chi connectivity index (χ4n) is 3.09. The highest BCUT2D eigenvalue weighted by atomic mass is 16.5. The van der Waals surface area contributed by atoms with Gasteiger partial charge in [0.25, 0.3) is 5.91 Å². The zero-order valence-corrected chi connectivity index (χ0v) is 18.7. The van der Waals surface area contributed by atoms with Crippen LogP contribution >= 0.6 is 0 Å². The van der Waals surface area contributed by atoms with Crippen LogP contribution < -0.4 is 10.1 Å². The number of methoxy groups -OCH3 is 1. The lowest BCUT2D eigenvalue weighted by atomic mass is 10.0. The molecule has 6 heteroatoms. The van der Waals surface area contributed by atoms with Crippen LogP contribution in [0, 0.1) is 0 Å². The minimum Gasteiger partial charge on any atom is -0.497 e. The molecule has 1 amide bonds. The molecule has 0 saturated heterocycles. The van der Waals surface area contributed by atoms with E-state index in [1.807, 2.05) is 36.4 Å². The summed E-state index contributed by atoms with van der Waals surface area (Å²) in [6.45, 7) is 2.98. The van der Waals surface area contributed by atoms with Crippen LogP contribution in [0.1, 0.15) is 35.3 Å². The summed E-state index contributed by atoms with van der Waals surface area (Å²) in [6.07, 6.45) is 0.660. The number of ether oxygens (including phenoxy) is 2. The van der Waals surface area contributed by atoms with Crippen LogP contribution in [0.25, 0.3) is 11.6 Å². The van der Waals surface area contributed by atoms with Crippen LogP contribution in [0.15, 0.2) is 78.9 Å². The van der Waals surface area contributed by atoms with Crippen molar-refractivity contribution < 1.29 is 23.9 Å². The standard InChI is InChI=1S/C27H25NO5/c1-18(29)21-12-14-23(15-13-21)28-26(30)19(2)33-27(31)25(22-9-5-4-6-10-22)17-20-8-7-11-24(16-20)32-3/h4-17,19H,1-3H3,(H,28,30). The van der Waals surface area contributed by atoms with Gasteiger partial charge in [-0.3, -0.25) is 9.59 Å². The molecule has 0 bridgehead atoms. The monoisotopic (exact) mass is 443 g/mol. The normalized spacial score (nSPS) is 11.9. The quantitative estimate of drug-likeness (QED) is 0.229. The van der Waals surface area contributed by atoms with Crippen molar-refractivity contribution >= 4 is 35.0 Å². The molecule has 0 fully saturated rings. The number of hydrogen-bond acceptors (Lipinski definition) is 5. The summed E-state index contributed by atoms with van der Waals surface area (Å²) in [5, 5.41) is 2.69. The van der Waals surface area contributed by atoms with E-state index in [2.05, 4.69) is 5.32 Å². The van der Waals surface area contributed by atoms with E-state index in [1.165, 1.54) is 13.8 Å². The predicted molar refractivity (Wildman–Crippen MR) is 128 cm³/mol. The van der Waals surface area contributed by atoms with Crippen LogP contribution in [0.2, 0.25) is 0 Å². The van der Waals surface area contributed by atoms with E-state index in [0.29, 0.717) is 28.1 Å². The van der Waals surface area contributed by atoms with Crippen LogP contribution in [-0.4, -0.2) is 30.9 Å². The maximum absolute atomic E-state index is 13.1. The summed E-state index contributed by atoms with van der Waals surface area (Å²) < 4.78 is 10.7. The first-order valence-corrected chi connectivity index (χ1v) is 10.4. The Morgan fingerprint density at radius 2 is 1.58 bits per heavy atom. The lowest BCUT2D eigenvalue weighted by Gasteiger charge is -2.15. The van der Waals surface area contributed by atoms with Crippen molar-refractivity contribution in [2.75, 3.05) is 12.4 Å². The Labute approximate surface area is 192 Å². The largest absolute Gasteiger partial charge is 0.497 e. The van der Waals surface area contributed by atoms with E-state index in [1.54, 1.807) is 55.7 Å². The molecular weight excluding hydrogens is 418 g/mol. The van der Waals surface area contributed by atoms with E-state index < -0.39 is 18.0 Å². The highest BCUT2D eigenvalue weighted by Crippen LogP contribution is 2.23. The van der Waals surface area contributed by atoms with Crippen molar-refractivity contribution in [3.05, 3.63) is 95.6 Å². The van der Waals surface area contributed by atoms with Gasteiger partial charge in [-0.25, -0.2) is 4.79 Å². The predicted octanol–water partition coefficient (Wildman–Crippen LogP) is 5.01. The average molecular weight is 443 g/mol. The number of esters is 1. The van der Waals surface area contributed by atoms with E-state index in [9.17, 15) is 14.4 Å². The number of Topliss-reactive ketones (excluding diaryl/α,β-unsaturated/α-hetero) is 1. The van der Waals surface area contributed by atoms with Gasteiger partial charge >= 0.3 is 5.97 Å². The summed E-state index contributed by atoms with van der Waals surface area (Å²) in [6, 6.07) is 22.9. The van der Waals surface area contributed by atoms with Crippen molar-refractivity contribution in [2.24, 2.45) is 0 Å². The second kappa shape index (κ2) is 10.9. The van der Waals surface area contributed by atoms with Gasteiger partial charge in [-0.1, -0.05) is 42.5 Å². The number of nitrogens with one attached hydrogen (secondary N) is 1. The van der Waals surface area contributed by atoms with Gasteiger partial charge in [-0.15, -0.1) is 0 Å². The summed E-state index contributed by atoms with van der Waals surface area (Å²) in [5.41, 5.74) is 2.78. The number of amides is 1. The van der Waals surface area contributed by atoms with Crippen molar-refractivity contribution in [1.29, 1.82) is 0 Å². The second-order valence-corrected chi connectivity index (χ2v) is 7.37. The third-order valence-corrected chi connectivity index (χ3v) is 4.92. The highest BCUT2D eigenvalue weighted by Gasteiger charge is 2.22. The molecule has 3 aromatic carbocycles. The van der Waals surface area contributed by atoms with Gasteiger partial charge in [0.2, 0.25) is 0 Å². The number of anilines is 1. The van der Waals surface area contributed by atoms with Crippen molar-refractivity contribution in [3.63, 3.8) is 0 Å². The Morgan fingerprint density at radius 3 is 2.21 bits per heavy atom. The Kier molecular flexibility index (Phi) is 7.76. The van der Waals surface area contributed by atoms with Gasteiger partial charge in [0.15, 0.2) is 11.9 Å². The molecule has 168 valence electrons. The number of hydrogen-bond donors (Lipinski definition) is 1. The molecule has 0 saturated carbocycles. The highest BCUT2D eigenvalue weighted by molar-refractivity contribution is 6.22. The maximum Gasteiger partial charge on any atom is 0.339 e. The smallest absolute Gasteiger partial charge is 0.339 e. The molecule has 6 nitrogen and oxygen atoms in total. The molecule has 0 spiro atoms. The van der Waals surface area contributed by atoms with Gasteiger partial charge in [0.05, 0.1) is 12.7 Å². The second-order valence-electron chi connectivity index (χ2n) is 7.37. The van der Waals surface area contributed by atoms with Crippen LogP contribution in [0.4, 0.5) is 5.69 Å². The first-order chi connectivity index (χ1) is 15.9. The molecule has 0 aliphatic carbocycles. The third-order valence-electron chi connectivity index (χ3n) is 4.92. The molecule has 0 aromatic heterocycles. The number of rotatable bonds is 8. The molecule has 1 N–H and O–H groups in total. The van der Waals surface area contributed by atoms with E-state index in [-0.39, 0.29) is 5.78 Å². The summed E-state index contributed by atoms with van der Waals surface area (Å²) in [4.78, 5) is 37.0. The average Bonchev–Trinajstić information content (AvgIpc) is 2.83. The fourth-order valence-corrected chi connectivity index (χ4v) is 3.09. The lowest BCUT2D eigenvalue weighted by molar-refractivity contribution is -0.147. The Hall–Kier alpha value is -4.19. The Morgan fingerprint density at radius 1 is 0.879 bits per heavy atom. The summed E-state index contributed by atoms with van der Waals surface area (Å²) >= 11 is 0. The SMILES string of the molecule is COc1cccc(C=C(C(=O)OC(C)C(=O)Nc2ccc(C(C)=O)cc2)c2ccccc2)c1. The minimum atomic E-state index is -1.04.